The number of hydrogen-bond donors (Lipinski definition) is 2. The number of aryl methyl sites for hydroxylation is 1. The van der Waals surface area contributed by atoms with Crippen LogP contribution < -0.4 is 5.73 Å². The van der Waals surface area contributed by atoms with Crippen molar-refractivity contribution < 1.29 is 0 Å². The first-order valence-electron chi connectivity index (χ1n) is 6.95. The first kappa shape index (κ1) is 14.1. The fraction of sp³-hybridized carbons (Fsp3) is 0.250. The van der Waals surface area contributed by atoms with Crippen molar-refractivity contribution in [2.75, 3.05) is 0 Å². The number of nitrogens with zero attached hydrogens (tertiary/aromatic N) is 2. The lowest BCUT2D eigenvalue weighted by molar-refractivity contribution is 0.734. The first-order chi connectivity index (χ1) is 10.1. The van der Waals surface area contributed by atoms with E-state index in [9.17, 15) is 0 Å². The molecule has 0 spiro atoms. The molecule has 0 aliphatic rings. The minimum absolute atomic E-state index is 0.156. The number of H-pyrrole nitrogens is 1. The molecule has 0 aliphatic heterocycles. The van der Waals surface area contributed by atoms with Crippen molar-refractivity contribution in [3.63, 3.8) is 0 Å². The molecule has 0 saturated heterocycles. The van der Waals surface area contributed by atoms with Gasteiger partial charge in [-0.25, -0.2) is 9.97 Å². The van der Waals surface area contributed by atoms with Crippen LogP contribution in [0.1, 0.15) is 18.1 Å². The standard InChI is InChI=1S/C16H18N4S/c1-10-3-5-13-14(7-10)20-16(19-13)21-15-6-4-12(9-18-15)8-11(2)17/h3-7,9,11H,8,17H2,1-2H3,(H,19,20). The predicted molar refractivity (Wildman–Crippen MR) is 86.5 cm³/mol. The van der Waals surface area contributed by atoms with Crippen LogP contribution >= 0.6 is 11.8 Å². The average Bonchev–Trinajstić information content (AvgIpc) is 2.82. The van der Waals surface area contributed by atoms with Crippen molar-refractivity contribution in [2.45, 2.75) is 36.5 Å². The third-order valence-electron chi connectivity index (χ3n) is 3.17. The summed E-state index contributed by atoms with van der Waals surface area (Å²) in [7, 11) is 0. The molecule has 108 valence electrons. The number of rotatable bonds is 4. The van der Waals surface area contributed by atoms with Crippen LogP contribution in [-0.4, -0.2) is 21.0 Å². The Labute approximate surface area is 128 Å². The van der Waals surface area contributed by atoms with Crippen LogP contribution in [0.15, 0.2) is 46.7 Å². The molecule has 4 nitrogen and oxygen atoms in total. The molecule has 0 fully saturated rings. The largest absolute Gasteiger partial charge is 0.333 e. The van der Waals surface area contributed by atoms with Crippen molar-refractivity contribution in [3.05, 3.63) is 47.7 Å². The summed E-state index contributed by atoms with van der Waals surface area (Å²) in [6.07, 6.45) is 2.74. The second-order valence-corrected chi connectivity index (χ2v) is 6.36. The predicted octanol–water partition coefficient (Wildman–Crippen LogP) is 3.31. The fourth-order valence-corrected chi connectivity index (χ4v) is 2.96. The molecule has 5 heteroatoms. The molecular formula is C16H18N4S. The fourth-order valence-electron chi connectivity index (χ4n) is 2.21. The lowest BCUT2D eigenvalue weighted by Crippen LogP contribution is -2.17. The number of nitrogens with one attached hydrogen (secondary N) is 1. The molecule has 21 heavy (non-hydrogen) atoms. The Kier molecular flexibility index (Phi) is 3.94. The number of hydrogen-bond acceptors (Lipinski definition) is 4. The highest BCUT2D eigenvalue weighted by Gasteiger charge is 2.06. The van der Waals surface area contributed by atoms with Crippen LogP contribution in [-0.2, 0) is 6.42 Å². The lowest BCUT2D eigenvalue weighted by atomic mass is 10.1. The van der Waals surface area contributed by atoms with Gasteiger partial charge in [0.1, 0.15) is 5.03 Å². The highest BCUT2D eigenvalue weighted by molar-refractivity contribution is 7.99. The molecule has 2 aromatic heterocycles. The normalized spacial score (nSPS) is 12.7. The van der Waals surface area contributed by atoms with Crippen molar-refractivity contribution in [1.29, 1.82) is 0 Å². The van der Waals surface area contributed by atoms with Gasteiger partial charge < -0.3 is 10.7 Å². The van der Waals surface area contributed by atoms with E-state index in [0.29, 0.717) is 0 Å². The van der Waals surface area contributed by atoms with Gasteiger partial charge in [-0.1, -0.05) is 12.1 Å². The van der Waals surface area contributed by atoms with E-state index in [1.54, 1.807) is 0 Å². The molecule has 0 radical (unpaired) electrons. The molecule has 2 heterocycles. The van der Waals surface area contributed by atoms with Gasteiger partial charge in [-0.15, -0.1) is 0 Å². The van der Waals surface area contributed by atoms with Gasteiger partial charge in [0, 0.05) is 12.2 Å². The Morgan fingerprint density at radius 1 is 1.29 bits per heavy atom. The summed E-state index contributed by atoms with van der Waals surface area (Å²) in [6, 6.07) is 10.4. The maximum absolute atomic E-state index is 5.79. The molecule has 3 aromatic rings. The van der Waals surface area contributed by atoms with Crippen molar-refractivity contribution in [3.8, 4) is 0 Å². The van der Waals surface area contributed by atoms with Crippen LogP contribution in [0.5, 0.6) is 0 Å². The van der Waals surface area contributed by atoms with Gasteiger partial charge in [-0.2, -0.15) is 0 Å². The van der Waals surface area contributed by atoms with Gasteiger partial charge in [0.15, 0.2) is 5.16 Å². The van der Waals surface area contributed by atoms with E-state index in [1.165, 1.54) is 17.3 Å². The molecule has 0 saturated carbocycles. The van der Waals surface area contributed by atoms with Crippen molar-refractivity contribution >= 4 is 22.8 Å². The maximum atomic E-state index is 5.79. The second-order valence-electron chi connectivity index (χ2n) is 5.35. The zero-order valence-corrected chi connectivity index (χ0v) is 12.9. The molecule has 3 rings (SSSR count). The number of aromatic nitrogens is 3. The van der Waals surface area contributed by atoms with Crippen LogP contribution in [0.2, 0.25) is 0 Å². The minimum Gasteiger partial charge on any atom is -0.333 e. The third kappa shape index (κ3) is 3.43. The van der Waals surface area contributed by atoms with Gasteiger partial charge in [-0.05, 0) is 61.4 Å². The van der Waals surface area contributed by atoms with Crippen LogP contribution in [0.25, 0.3) is 11.0 Å². The molecule has 0 bridgehead atoms. The smallest absolute Gasteiger partial charge is 0.172 e. The summed E-state index contributed by atoms with van der Waals surface area (Å²) >= 11 is 1.54. The van der Waals surface area contributed by atoms with Crippen LogP contribution in [0.3, 0.4) is 0 Å². The van der Waals surface area contributed by atoms with Crippen molar-refractivity contribution in [2.24, 2.45) is 5.73 Å². The van der Waals surface area contributed by atoms with Gasteiger partial charge >= 0.3 is 0 Å². The summed E-state index contributed by atoms with van der Waals surface area (Å²) in [5, 5.41) is 1.79. The highest BCUT2D eigenvalue weighted by Crippen LogP contribution is 2.26. The summed E-state index contributed by atoms with van der Waals surface area (Å²) < 4.78 is 0. The summed E-state index contributed by atoms with van der Waals surface area (Å²) in [5.74, 6) is 0. The van der Waals surface area contributed by atoms with Gasteiger partial charge in [0.05, 0.1) is 11.0 Å². The number of aromatic amines is 1. The molecular weight excluding hydrogens is 280 g/mol. The Morgan fingerprint density at radius 3 is 2.86 bits per heavy atom. The SMILES string of the molecule is Cc1ccc2nc(Sc3ccc(CC(C)N)cn3)[nH]c2c1. The quantitative estimate of drug-likeness (QED) is 0.775. The zero-order valence-electron chi connectivity index (χ0n) is 12.1. The Bertz CT molecular complexity index is 747. The van der Waals surface area contributed by atoms with E-state index >= 15 is 0 Å². The molecule has 1 aromatic carbocycles. The molecule has 1 unspecified atom stereocenters. The molecule has 1 atom stereocenters. The van der Waals surface area contributed by atoms with E-state index in [1.807, 2.05) is 25.3 Å². The zero-order chi connectivity index (χ0) is 14.8. The molecule has 0 aliphatic carbocycles. The molecule has 0 amide bonds. The van der Waals surface area contributed by atoms with E-state index in [0.717, 1.165) is 33.2 Å². The Hall–Kier alpha value is -1.85. The van der Waals surface area contributed by atoms with E-state index in [2.05, 4.69) is 40.1 Å². The second kappa shape index (κ2) is 5.87. The highest BCUT2D eigenvalue weighted by atomic mass is 32.2. The summed E-state index contributed by atoms with van der Waals surface area (Å²) in [4.78, 5) is 12.4. The number of nitrogens with two attached hydrogens (primary N) is 1. The maximum Gasteiger partial charge on any atom is 0.172 e. The molecule has 3 N–H and O–H groups in total. The monoisotopic (exact) mass is 298 g/mol. The van der Waals surface area contributed by atoms with Crippen LogP contribution in [0.4, 0.5) is 0 Å². The Balaban J connectivity index is 1.78. The topological polar surface area (TPSA) is 67.6 Å². The average molecular weight is 298 g/mol. The van der Waals surface area contributed by atoms with Gasteiger partial charge in [0.2, 0.25) is 0 Å². The minimum atomic E-state index is 0.156. The third-order valence-corrected chi connectivity index (χ3v) is 4.01. The number of pyridine rings is 1. The number of imidazole rings is 1. The van der Waals surface area contributed by atoms with E-state index in [-0.39, 0.29) is 6.04 Å². The Morgan fingerprint density at radius 2 is 2.14 bits per heavy atom. The van der Waals surface area contributed by atoms with Crippen LogP contribution in [0, 0.1) is 6.92 Å². The number of fused-ring (bicyclic) bond motifs is 1. The van der Waals surface area contributed by atoms with E-state index < -0.39 is 0 Å². The summed E-state index contributed by atoms with van der Waals surface area (Å²) in [6.45, 7) is 4.07. The van der Waals surface area contributed by atoms with E-state index in [4.69, 9.17) is 5.73 Å². The lowest BCUT2D eigenvalue weighted by Gasteiger charge is -2.04. The van der Waals surface area contributed by atoms with Crippen molar-refractivity contribution in [1.82, 2.24) is 15.0 Å². The first-order valence-corrected chi connectivity index (χ1v) is 7.76. The number of benzene rings is 1. The summed E-state index contributed by atoms with van der Waals surface area (Å²) in [5.41, 5.74) is 10.2. The van der Waals surface area contributed by atoms with Gasteiger partial charge in [-0.3, -0.25) is 0 Å². The van der Waals surface area contributed by atoms with Gasteiger partial charge in [0.25, 0.3) is 0 Å².